The van der Waals surface area contributed by atoms with Crippen LogP contribution in [0, 0.1) is 11.8 Å². The van der Waals surface area contributed by atoms with E-state index in [-0.39, 0.29) is 17.5 Å². The third-order valence-electron chi connectivity index (χ3n) is 2.93. The molecule has 0 saturated heterocycles. The molecular weight excluding hydrogens is 286 g/mol. The van der Waals surface area contributed by atoms with Crippen LogP contribution in [0.4, 0.5) is 0 Å². The van der Waals surface area contributed by atoms with E-state index in [1.807, 2.05) is 20.8 Å². The second-order valence-electron chi connectivity index (χ2n) is 5.01. The molecule has 1 aromatic carbocycles. The van der Waals surface area contributed by atoms with Gasteiger partial charge in [0.25, 0.3) is 0 Å². The minimum Gasteiger partial charge on any atom is -0.395 e. The first-order chi connectivity index (χ1) is 9.93. The third kappa shape index (κ3) is 4.85. The fraction of sp³-hybridized carbons (Fsp3) is 0.500. The Morgan fingerprint density at radius 1 is 1.33 bits per heavy atom. The van der Waals surface area contributed by atoms with E-state index in [4.69, 9.17) is 5.11 Å². The summed E-state index contributed by atoms with van der Waals surface area (Å²) in [6.45, 7) is 6.21. The molecule has 4 nitrogen and oxygen atoms in total. The van der Waals surface area contributed by atoms with Crippen molar-refractivity contribution in [2.75, 3.05) is 13.2 Å². The maximum absolute atomic E-state index is 12.7. The van der Waals surface area contributed by atoms with Crippen molar-refractivity contribution in [3.05, 3.63) is 29.8 Å². The van der Waals surface area contributed by atoms with E-state index < -0.39 is 10.0 Å². The highest BCUT2D eigenvalue weighted by Gasteiger charge is 2.26. The Bertz CT molecular complexity index is 612. The van der Waals surface area contributed by atoms with Crippen molar-refractivity contribution in [3.63, 3.8) is 0 Å². The van der Waals surface area contributed by atoms with Gasteiger partial charge in [-0.25, -0.2) is 8.42 Å². The topological polar surface area (TPSA) is 57.6 Å². The smallest absolute Gasteiger partial charge is 0.243 e. The van der Waals surface area contributed by atoms with Crippen molar-refractivity contribution in [1.29, 1.82) is 0 Å². The molecule has 1 rings (SSSR count). The highest BCUT2D eigenvalue weighted by molar-refractivity contribution is 7.89. The van der Waals surface area contributed by atoms with Gasteiger partial charge < -0.3 is 5.11 Å². The summed E-state index contributed by atoms with van der Waals surface area (Å²) < 4.78 is 26.9. The molecular formula is C16H23NO3S. The number of rotatable bonds is 6. The molecule has 0 amide bonds. The number of hydrogen-bond donors (Lipinski definition) is 1. The van der Waals surface area contributed by atoms with Gasteiger partial charge in [0.15, 0.2) is 0 Å². The third-order valence-corrected chi connectivity index (χ3v) is 5.00. The molecule has 0 aliphatic heterocycles. The minimum absolute atomic E-state index is 0.00260. The van der Waals surface area contributed by atoms with Gasteiger partial charge in [-0.2, -0.15) is 4.31 Å². The highest BCUT2D eigenvalue weighted by Crippen LogP contribution is 2.19. The Morgan fingerprint density at radius 3 is 2.62 bits per heavy atom. The van der Waals surface area contributed by atoms with Gasteiger partial charge in [0.05, 0.1) is 11.5 Å². The van der Waals surface area contributed by atoms with Crippen LogP contribution in [-0.4, -0.2) is 37.0 Å². The van der Waals surface area contributed by atoms with Crippen LogP contribution < -0.4 is 0 Å². The van der Waals surface area contributed by atoms with Crippen molar-refractivity contribution in [1.82, 2.24) is 4.31 Å². The van der Waals surface area contributed by atoms with Crippen LogP contribution in [0.1, 0.15) is 39.2 Å². The lowest BCUT2D eigenvalue weighted by molar-refractivity contribution is 0.305. The first kappa shape index (κ1) is 17.7. The summed E-state index contributed by atoms with van der Waals surface area (Å²) in [5, 5.41) is 8.72. The van der Waals surface area contributed by atoms with Crippen molar-refractivity contribution in [2.24, 2.45) is 0 Å². The van der Waals surface area contributed by atoms with E-state index in [2.05, 4.69) is 11.8 Å². The van der Waals surface area contributed by atoms with Crippen LogP contribution in [0.2, 0.25) is 0 Å². The Hall–Kier alpha value is -1.35. The van der Waals surface area contributed by atoms with Crippen LogP contribution in [0.25, 0.3) is 0 Å². The zero-order valence-electron chi connectivity index (χ0n) is 12.8. The van der Waals surface area contributed by atoms with Gasteiger partial charge >= 0.3 is 0 Å². The monoisotopic (exact) mass is 309 g/mol. The molecule has 21 heavy (non-hydrogen) atoms. The molecule has 0 fully saturated rings. The zero-order chi connectivity index (χ0) is 15.9. The molecule has 0 bridgehead atoms. The fourth-order valence-corrected chi connectivity index (χ4v) is 3.74. The Balaban J connectivity index is 3.14. The van der Waals surface area contributed by atoms with Crippen molar-refractivity contribution in [3.8, 4) is 11.8 Å². The number of aliphatic hydroxyl groups excluding tert-OH is 1. The zero-order valence-corrected chi connectivity index (χ0v) is 13.7. The van der Waals surface area contributed by atoms with Gasteiger partial charge in [-0.1, -0.05) is 24.8 Å². The van der Waals surface area contributed by atoms with Crippen LogP contribution in [0.15, 0.2) is 29.2 Å². The average Bonchev–Trinajstić information content (AvgIpc) is 2.45. The van der Waals surface area contributed by atoms with E-state index >= 15 is 0 Å². The summed E-state index contributed by atoms with van der Waals surface area (Å²) in [5.41, 5.74) is 0.643. The standard InChI is InChI=1S/C16H23NO3S/c1-4-11-17(14(2)3)21(19,20)16-10-7-9-15(13-16)8-5-6-12-18/h7,9-10,13-14,18H,4,6,11-12H2,1-3H3. The second kappa shape index (κ2) is 8.18. The molecule has 0 atom stereocenters. The number of sulfonamides is 1. The molecule has 0 aliphatic carbocycles. The van der Waals surface area contributed by atoms with E-state index in [0.29, 0.717) is 18.5 Å². The van der Waals surface area contributed by atoms with Gasteiger partial charge in [0.1, 0.15) is 0 Å². The lowest BCUT2D eigenvalue weighted by Crippen LogP contribution is -2.37. The first-order valence-electron chi connectivity index (χ1n) is 7.15. The van der Waals surface area contributed by atoms with E-state index in [0.717, 1.165) is 6.42 Å². The maximum atomic E-state index is 12.7. The van der Waals surface area contributed by atoms with Gasteiger partial charge in [-0.15, -0.1) is 0 Å². The molecule has 5 heteroatoms. The lowest BCUT2D eigenvalue weighted by atomic mass is 10.2. The number of nitrogens with zero attached hydrogens (tertiary/aromatic N) is 1. The molecule has 116 valence electrons. The van der Waals surface area contributed by atoms with Crippen LogP contribution in [-0.2, 0) is 10.0 Å². The van der Waals surface area contributed by atoms with Gasteiger partial charge in [-0.3, -0.25) is 0 Å². The molecule has 0 aromatic heterocycles. The summed E-state index contributed by atoms with van der Waals surface area (Å²) in [4.78, 5) is 0.264. The molecule has 1 aromatic rings. The predicted molar refractivity (Wildman–Crippen MR) is 84.3 cm³/mol. The van der Waals surface area contributed by atoms with Gasteiger partial charge in [-0.05, 0) is 38.5 Å². The highest BCUT2D eigenvalue weighted by atomic mass is 32.2. The largest absolute Gasteiger partial charge is 0.395 e. The molecule has 0 saturated carbocycles. The second-order valence-corrected chi connectivity index (χ2v) is 6.90. The number of hydrogen-bond acceptors (Lipinski definition) is 3. The molecule has 0 radical (unpaired) electrons. The normalized spacial score (nSPS) is 11.5. The first-order valence-corrected chi connectivity index (χ1v) is 8.59. The maximum Gasteiger partial charge on any atom is 0.243 e. The Morgan fingerprint density at radius 2 is 2.05 bits per heavy atom. The number of benzene rings is 1. The lowest BCUT2D eigenvalue weighted by Gasteiger charge is -2.25. The van der Waals surface area contributed by atoms with Crippen molar-refractivity contribution >= 4 is 10.0 Å². The predicted octanol–water partition coefficient (Wildman–Crippen LogP) is 2.23. The molecule has 0 heterocycles. The quantitative estimate of drug-likeness (QED) is 0.820. The van der Waals surface area contributed by atoms with Crippen molar-refractivity contribution < 1.29 is 13.5 Å². The Labute approximate surface area is 127 Å². The summed E-state index contributed by atoms with van der Waals surface area (Å²) in [7, 11) is -3.50. The summed E-state index contributed by atoms with van der Waals surface area (Å²) in [6, 6.07) is 6.56. The van der Waals surface area contributed by atoms with Crippen LogP contribution in [0.5, 0.6) is 0 Å². The van der Waals surface area contributed by atoms with E-state index in [9.17, 15) is 8.42 Å². The van der Waals surface area contributed by atoms with Crippen LogP contribution >= 0.6 is 0 Å². The van der Waals surface area contributed by atoms with Crippen molar-refractivity contribution in [2.45, 2.75) is 44.6 Å². The SMILES string of the molecule is CCCN(C(C)C)S(=O)(=O)c1cccc(C#CCCO)c1. The van der Waals surface area contributed by atoms with E-state index in [1.54, 1.807) is 24.3 Å². The fourth-order valence-electron chi connectivity index (χ4n) is 1.97. The van der Waals surface area contributed by atoms with Gasteiger partial charge in [0.2, 0.25) is 10.0 Å². The summed E-state index contributed by atoms with van der Waals surface area (Å²) >= 11 is 0. The molecule has 0 spiro atoms. The molecule has 0 aliphatic rings. The van der Waals surface area contributed by atoms with Gasteiger partial charge in [0, 0.05) is 24.6 Å². The van der Waals surface area contributed by atoms with Crippen LogP contribution in [0.3, 0.4) is 0 Å². The average molecular weight is 309 g/mol. The summed E-state index contributed by atoms with van der Waals surface area (Å²) in [5.74, 6) is 5.66. The van der Waals surface area contributed by atoms with E-state index in [1.165, 1.54) is 4.31 Å². The summed E-state index contributed by atoms with van der Waals surface area (Å²) in [6.07, 6.45) is 1.15. The molecule has 0 unspecified atom stereocenters. The molecule has 1 N–H and O–H groups in total. The minimum atomic E-state index is -3.50. The Kier molecular flexibility index (Phi) is 6.90. The number of aliphatic hydroxyl groups is 1.